The third-order valence-corrected chi connectivity index (χ3v) is 5.22. The summed E-state index contributed by atoms with van der Waals surface area (Å²) in [6.07, 6.45) is 3.76. The Morgan fingerprint density at radius 2 is 1.88 bits per heavy atom. The topological polar surface area (TPSA) is 55.2 Å². The van der Waals surface area contributed by atoms with Crippen molar-refractivity contribution in [3.05, 3.63) is 63.5 Å². The van der Waals surface area contributed by atoms with E-state index in [0.29, 0.717) is 17.5 Å². The lowest BCUT2D eigenvalue weighted by atomic mass is 10.1. The molecule has 1 aromatic carbocycles. The van der Waals surface area contributed by atoms with Gasteiger partial charge in [0, 0.05) is 18.7 Å². The standard InChI is InChI=1S/C18H17N3O2S/c22-17(20-8-1-2-9-20)14-5-3-13(4-6-14)11-21-12-19-16-15(18(21)23)7-10-24-16/h3-7,10,12H,1-2,8-9,11H2. The highest BCUT2D eigenvalue weighted by Gasteiger charge is 2.19. The maximum absolute atomic E-state index is 12.4. The minimum absolute atomic E-state index is 0.0292. The molecule has 122 valence electrons. The van der Waals surface area contributed by atoms with Gasteiger partial charge in [0.15, 0.2) is 0 Å². The molecule has 0 radical (unpaired) electrons. The molecule has 0 aliphatic carbocycles. The summed E-state index contributed by atoms with van der Waals surface area (Å²) in [5.74, 6) is 0.0950. The van der Waals surface area contributed by atoms with Gasteiger partial charge in [0.05, 0.1) is 18.3 Å². The molecule has 0 spiro atoms. The summed E-state index contributed by atoms with van der Waals surface area (Å²) in [7, 11) is 0. The van der Waals surface area contributed by atoms with Gasteiger partial charge >= 0.3 is 0 Å². The maximum Gasteiger partial charge on any atom is 0.262 e. The first-order valence-corrected chi connectivity index (χ1v) is 8.91. The molecule has 1 amide bonds. The minimum Gasteiger partial charge on any atom is -0.339 e. The quantitative estimate of drug-likeness (QED) is 0.737. The lowest BCUT2D eigenvalue weighted by molar-refractivity contribution is 0.0793. The van der Waals surface area contributed by atoms with Gasteiger partial charge in [-0.25, -0.2) is 4.98 Å². The third-order valence-electron chi connectivity index (χ3n) is 4.40. The molecule has 0 atom stereocenters. The van der Waals surface area contributed by atoms with Crippen LogP contribution in [0.25, 0.3) is 10.2 Å². The van der Waals surface area contributed by atoms with Crippen LogP contribution in [0.4, 0.5) is 0 Å². The molecule has 1 fully saturated rings. The molecule has 4 rings (SSSR count). The highest BCUT2D eigenvalue weighted by Crippen LogP contribution is 2.15. The smallest absolute Gasteiger partial charge is 0.262 e. The Morgan fingerprint density at radius 3 is 2.62 bits per heavy atom. The van der Waals surface area contributed by atoms with Crippen LogP contribution in [-0.2, 0) is 6.54 Å². The van der Waals surface area contributed by atoms with E-state index in [-0.39, 0.29) is 11.5 Å². The normalized spacial score (nSPS) is 14.4. The van der Waals surface area contributed by atoms with Crippen LogP contribution in [0.15, 0.2) is 46.8 Å². The second-order valence-corrected chi connectivity index (χ2v) is 6.91. The number of nitrogens with zero attached hydrogens (tertiary/aromatic N) is 3. The molecule has 1 saturated heterocycles. The summed E-state index contributed by atoms with van der Waals surface area (Å²) in [4.78, 5) is 31.7. The molecule has 1 aliphatic rings. The van der Waals surface area contributed by atoms with Crippen LogP contribution in [-0.4, -0.2) is 33.4 Å². The Kier molecular flexibility index (Phi) is 3.90. The van der Waals surface area contributed by atoms with E-state index in [1.165, 1.54) is 11.3 Å². The van der Waals surface area contributed by atoms with Crippen molar-refractivity contribution in [1.82, 2.24) is 14.5 Å². The zero-order chi connectivity index (χ0) is 16.5. The number of carbonyl (C=O) groups excluding carboxylic acids is 1. The van der Waals surface area contributed by atoms with Gasteiger partial charge in [-0.3, -0.25) is 14.2 Å². The molecule has 0 unspecified atom stereocenters. The molecular formula is C18H17N3O2S. The van der Waals surface area contributed by atoms with E-state index in [0.717, 1.165) is 36.3 Å². The van der Waals surface area contributed by atoms with Crippen LogP contribution in [0, 0.1) is 0 Å². The summed E-state index contributed by atoms with van der Waals surface area (Å²) in [5.41, 5.74) is 1.66. The molecule has 0 saturated carbocycles. The number of hydrogen-bond acceptors (Lipinski definition) is 4. The van der Waals surface area contributed by atoms with Gasteiger partial charge in [0.1, 0.15) is 4.83 Å². The Balaban J connectivity index is 1.55. The van der Waals surface area contributed by atoms with Crippen molar-refractivity contribution in [1.29, 1.82) is 0 Å². The van der Waals surface area contributed by atoms with Crippen LogP contribution in [0.1, 0.15) is 28.8 Å². The van der Waals surface area contributed by atoms with Gasteiger partial charge in [0.2, 0.25) is 0 Å². The van der Waals surface area contributed by atoms with E-state index in [2.05, 4.69) is 4.98 Å². The molecule has 5 nitrogen and oxygen atoms in total. The van der Waals surface area contributed by atoms with Crippen LogP contribution in [0.5, 0.6) is 0 Å². The number of hydrogen-bond donors (Lipinski definition) is 0. The van der Waals surface area contributed by atoms with Crippen molar-refractivity contribution in [2.45, 2.75) is 19.4 Å². The van der Waals surface area contributed by atoms with Gasteiger partial charge < -0.3 is 4.90 Å². The van der Waals surface area contributed by atoms with Gasteiger partial charge in [-0.1, -0.05) is 12.1 Å². The summed E-state index contributed by atoms with van der Waals surface area (Å²) < 4.78 is 1.60. The van der Waals surface area contributed by atoms with Crippen LogP contribution < -0.4 is 5.56 Å². The number of amides is 1. The van der Waals surface area contributed by atoms with Gasteiger partial charge in [-0.15, -0.1) is 11.3 Å². The maximum atomic E-state index is 12.4. The lowest BCUT2D eigenvalue weighted by Crippen LogP contribution is -2.27. The average molecular weight is 339 g/mol. The first kappa shape index (κ1) is 15.1. The third kappa shape index (κ3) is 2.73. The molecule has 0 N–H and O–H groups in total. The first-order chi connectivity index (χ1) is 11.7. The van der Waals surface area contributed by atoms with Crippen molar-refractivity contribution in [2.75, 3.05) is 13.1 Å². The van der Waals surface area contributed by atoms with Crippen molar-refractivity contribution >= 4 is 27.5 Å². The van der Waals surface area contributed by atoms with Gasteiger partial charge in [0.25, 0.3) is 11.5 Å². The van der Waals surface area contributed by atoms with E-state index in [9.17, 15) is 9.59 Å². The van der Waals surface area contributed by atoms with Crippen LogP contribution in [0.3, 0.4) is 0 Å². The van der Waals surface area contributed by atoms with Gasteiger partial charge in [-0.05, 0) is 42.0 Å². The van der Waals surface area contributed by atoms with Crippen molar-refractivity contribution in [3.63, 3.8) is 0 Å². The second kappa shape index (κ2) is 6.20. The lowest BCUT2D eigenvalue weighted by Gasteiger charge is -2.15. The number of thiophene rings is 1. The van der Waals surface area contributed by atoms with E-state index < -0.39 is 0 Å². The molecule has 3 aromatic rings. The predicted octanol–water partition coefficient (Wildman–Crippen LogP) is 2.74. The fourth-order valence-electron chi connectivity index (χ4n) is 3.06. The molecular weight excluding hydrogens is 322 g/mol. The van der Waals surface area contributed by atoms with Crippen LogP contribution in [0.2, 0.25) is 0 Å². The largest absolute Gasteiger partial charge is 0.339 e. The molecule has 0 bridgehead atoms. The zero-order valence-electron chi connectivity index (χ0n) is 13.1. The number of benzene rings is 1. The fourth-order valence-corrected chi connectivity index (χ4v) is 3.78. The van der Waals surface area contributed by atoms with Gasteiger partial charge in [-0.2, -0.15) is 0 Å². The number of aromatic nitrogens is 2. The second-order valence-electron chi connectivity index (χ2n) is 6.01. The molecule has 1 aliphatic heterocycles. The number of carbonyl (C=O) groups is 1. The Labute approximate surface area is 143 Å². The molecule has 6 heteroatoms. The van der Waals surface area contributed by atoms with Crippen molar-refractivity contribution in [3.8, 4) is 0 Å². The SMILES string of the molecule is O=C(c1ccc(Cn2cnc3sccc3c2=O)cc1)N1CCCC1. The van der Waals surface area contributed by atoms with E-state index in [1.54, 1.807) is 10.9 Å². The van der Waals surface area contributed by atoms with Crippen LogP contribution >= 0.6 is 11.3 Å². The van der Waals surface area contributed by atoms with E-state index >= 15 is 0 Å². The first-order valence-electron chi connectivity index (χ1n) is 8.03. The number of likely N-dealkylation sites (tertiary alicyclic amines) is 1. The van der Waals surface area contributed by atoms with Crippen molar-refractivity contribution < 1.29 is 4.79 Å². The summed E-state index contributed by atoms with van der Waals surface area (Å²) in [6, 6.07) is 9.32. The Hall–Kier alpha value is -2.47. The highest BCUT2D eigenvalue weighted by atomic mass is 32.1. The average Bonchev–Trinajstić information content (AvgIpc) is 3.29. The van der Waals surface area contributed by atoms with E-state index in [1.807, 2.05) is 40.6 Å². The monoisotopic (exact) mass is 339 g/mol. The number of rotatable bonds is 3. The minimum atomic E-state index is -0.0292. The van der Waals surface area contributed by atoms with Crippen molar-refractivity contribution in [2.24, 2.45) is 0 Å². The zero-order valence-corrected chi connectivity index (χ0v) is 14.0. The summed E-state index contributed by atoms with van der Waals surface area (Å²) in [5, 5.41) is 2.53. The Bertz CT molecular complexity index is 937. The molecule has 24 heavy (non-hydrogen) atoms. The highest BCUT2D eigenvalue weighted by molar-refractivity contribution is 7.16. The Morgan fingerprint density at radius 1 is 1.12 bits per heavy atom. The number of fused-ring (bicyclic) bond motifs is 1. The van der Waals surface area contributed by atoms with E-state index in [4.69, 9.17) is 0 Å². The fraction of sp³-hybridized carbons (Fsp3) is 0.278. The predicted molar refractivity (Wildman–Crippen MR) is 94.6 cm³/mol. The summed E-state index contributed by atoms with van der Waals surface area (Å²) in [6.45, 7) is 2.15. The molecule has 2 aromatic heterocycles. The molecule has 3 heterocycles. The summed E-state index contributed by atoms with van der Waals surface area (Å²) >= 11 is 1.47.